The van der Waals surface area contributed by atoms with Gasteiger partial charge in [0.15, 0.2) is 17.3 Å². The second-order valence-corrected chi connectivity index (χ2v) is 17.5. The van der Waals surface area contributed by atoms with Gasteiger partial charge in [-0.2, -0.15) is 0 Å². The van der Waals surface area contributed by atoms with Crippen LogP contribution in [0, 0.1) is 17.6 Å². The molecule has 0 aliphatic carbocycles. The lowest BCUT2D eigenvalue weighted by Gasteiger charge is -2.30. The van der Waals surface area contributed by atoms with E-state index in [2.05, 4.69) is 14.8 Å². The number of aromatic amines is 1. The summed E-state index contributed by atoms with van der Waals surface area (Å²) >= 11 is 0. The maximum absolute atomic E-state index is 16.5. The molecular weight excluding hydrogens is 795 g/mol. The number of hydrogen-bond donors (Lipinski definition) is 1. The fourth-order valence-corrected chi connectivity index (χ4v) is 8.24. The van der Waals surface area contributed by atoms with E-state index >= 15 is 8.78 Å². The van der Waals surface area contributed by atoms with Crippen LogP contribution in [0.1, 0.15) is 65.2 Å². The smallest absolute Gasteiger partial charge is 0.429 e. The van der Waals surface area contributed by atoms with E-state index in [1.165, 1.54) is 36.2 Å². The maximum Gasteiger partial charge on any atom is 0.429 e. The molecule has 0 spiro atoms. The summed E-state index contributed by atoms with van der Waals surface area (Å²) in [6, 6.07) is 2.48. The van der Waals surface area contributed by atoms with Crippen LogP contribution in [0.4, 0.5) is 29.7 Å². The SMILES string of the molecule is CCOC(=O)c1cn(N(CCOC)C(=O)OC(C)(C)C)c2ncc(-c3cnc4[nH]c5c(N(C)C(=O)OC(C)(C)C)cc(F)c(F)c5c4c3N3CCC4CN(C)CC43)cc2c1=O. The molecule has 2 fully saturated rings. The third-order valence-corrected chi connectivity index (χ3v) is 10.8. The quantitative estimate of drug-likeness (QED) is 0.125. The average molecular weight is 847 g/mol. The van der Waals surface area contributed by atoms with E-state index in [0.29, 0.717) is 29.9 Å². The van der Waals surface area contributed by atoms with Crippen LogP contribution in [-0.4, -0.2) is 121 Å². The normalized spacial score (nSPS) is 17.0. The zero-order valence-corrected chi connectivity index (χ0v) is 36.1. The highest BCUT2D eigenvalue weighted by molar-refractivity contribution is 6.19. The first kappa shape index (κ1) is 43.2. The van der Waals surface area contributed by atoms with Crippen LogP contribution in [0.3, 0.4) is 0 Å². The van der Waals surface area contributed by atoms with Crippen LogP contribution in [0.15, 0.2) is 35.5 Å². The summed E-state index contributed by atoms with van der Waals surface area (Å²) in [6.45, 7) is 14.0. The molecule has 61 heavy (non-hydrogen) atoms. The summed E-state index contributed by atoms with van der Waals surface area (Å²) in [5.74, 6) is -2.96. The van der Waals surface area contributed by atoms with Crippen molar-refractivity contribution in [2.75, 3.05) is 75.4 Å². The van der Waals surface area contributed by atoms with Crippen molar-refractivity contribution >= 4 is 62.5 Å². The molecule has 2 amide bonds. The Morgan fingerprint density at radius 3 is 2.36 bits per heavy atom. The standard InChI is InChI=1S/C43H52F2N8O8/c1-11-59-39(55)27-21-53(52(14-15-58-10)41(57)61-43(5,6)7)38-25(36(27)54)16-24(18-47-38)26-19-46-37-32(35(26)51-13-12-23-20-49(8)22-30(23)51)31-33(45)28(44)17-29(34(31)48-37)50(9)40(56)60-42(2,3)4/h16-19,21,23,30H,11-15,20,22H2,1-10H3,(H,46,48). The van der Waals surface area contributed by atoms with Crippen LogP contribution in [0.5, 0.6) is 0 Å². The molecule has 0 radical (unpaired) electrons. The molecule has 2 aliphatic rings. The Hall–Kier alpha value is -5.88. The van der Waals surface area contributed by atoms with Crippen LogP contribution < -0.4 is 20.2 Å². The molecule has 16 nitrogen and oxygen atoms in total. The number of fused-ring (bicyclic) bond motifs is 5. The minimum Gasteiger partial charge on any atom is -0.462 e. The second kappa shape index (κ2) is 16.2. The summed E-state index contributed by atoms with van der Waals surface area (Å²) in [4.78, 5) is 72.8. The van der Waals surface area contributed by atoms with Crippen LogP contribution in [0.2, 0.25) is 0 Å². The molecular formula is C43H52F2N8O8. The Labute approximate surface area is 351 Å². The van der Waals surface area contributed by atoms with Gasteiger partial charge < -0.3 is 33.7 Å². The molecule has 1 N–H and O–H groups in total. The fourth-order valence-electron chi connectivity index (χ4n) is 8.24. The van der Waals surface area contributed by atoms with E-state index in [-0.39, 0.29) is 75.9 Å². The van der Waals surface area contributed by atoms with Crippen molar-refractivity contribution in [1.82, 2.24) is 24.5 Å². The molecule has 2 unspecified atom stereocenters. The molecule has 0 bridgehead atoms. The molecule has 2 aliphatic heterocycles. The number of hydrogen-bond acceptors (Lipinski definition) is 12. The third-order valence-electron chi connectivity index (χ3n) is 10.8. The number of halogens is 2. The van der Waals surface area contributed by atoms with Gasteiger partial charge in [-0.15, -0.1) is 0 Å². The lowest BCUT2D eigenvalue weighted by atomic mass is 9.99. The number of amides is 2. The first-order chi connectivity index (χ1) is 28.7. The highest BCUT2D eigenvalue weighted by Crippen LogP contribution is 2.47. The van der Waals surface area contributed by atoms with Crippen molar-refractivity contribution in [3.8, 4) is 11.1 Å². The number of benzene rings is 1. The van der Waals surface area contributed by atoms with Gasteiger partial charge in [0.1, 0.15) is 22.4 Å². The highest BCUT2D eigenvalue weighted by Gasteiger charge is 2.42. The third kappa shape index (κ3) is 8.17. The minimum absolute atomic E-state index is 0.0101. The van der Waals surface area contributed by atoms with Gasteiger partial charge in [0.2, 0.25) is 5.43 Å². The summed E-state index contributed by atoms with van der Waals surface area (Å²) in [6.07, 6.45) is 3.54. The Bertz CT molecular complexity index is 2620. The fraction of sp³-hybridized carbons (Fsp3) is 0.488. The second-order valence-electron chi connectivity index (χ2n) is 17.5. The van der Waals surface area contributed by atoms with Crippen molar-refractivity contribution in [2.24, 2.45) is 5.92 Å². The number of likely N-dealkylation sites (N-methyl/N-ethyl adjacent to an activating group) is 1. The van der Waals surface area contributed by atoms with Gasteiger partial charge in [0, 0.05) is 75.6 Å². The lowest BCUT2D eigenvalue weighted by Crippen LogP contribution is -2.46. The summed E-state index contributed by atoms with van der Waals surface area (Å²) in [5.41, 5.74) is -1.07. The van der Waals surface area contributed by atoms with Crippen molar-refractivity contribution in [3.63, 3.8) is 0 Å². The van der Waals surface area contributed by atoms with E-state index < -0.39 is 46.4 Å². The summed E-state index contributed by atoms with van der Waals surface area (Å²) in [5, 5.41) is 1.29. The van der Waals surface area contributed by atoms with E-state index in [1.54, 1.807) is 60.7 Å². The number of pyridine rings is 3. The van der Waals surface area contributed by atoms with Crippen LogP contribution in [-0.2, 0) is 18.9 Å². The van der Waals surface area contributed by atoms with Gasteiger partial charge in [-0.1, -0.05) is 0 Å². The number of aromatic nitrogens is 4. The van der Waals surface area contributed by atoms with Gasteiger partial charge in [0.05, 0.1) is 52.8 Å². The molecule has 5 aromatic rings. The number of anilines is 2. The molecule has 2 atom stereocenters. The van der Waals surface area contributed by atoms with E-state index in [1.807, 2.05) is 7.05 Å². The molecule has 2 saturated heterocycles. The average Bonchev–Trinajstić information content (AvgIpc) is 3.87. The minimum atomic E-state index is -1.18. The topological polar surface area (TPSA) is 165 Å². The Kier molecular flexibility index (Phi) is 11.5. The highest BCUT2D eigenvalue weighted by atomic mass is 19.2. The maximum atomic E-state index is 16.5. The molecule has 4 aromatic heterocycles. The van der Waals surface area contributed by atoms with Gasteiger partial charge >= 0.3 is 18.2 Å². The number of carbonyl (C=O) groups is 3. The molecule has 7 rings (SSSR count). The number of carbonyl (C=O) groups excluding carboxylic acids is 3. The Balaban J connectivity index is 1.51. The number of nitrogens with one attached hydrogen (secondary N) is 1. The predicted octanol–water partition coefficient (Wildman–Crippen LogP) is 6.58. The zero-order chi connectivity index (χ0) is 44.3. The predicted molar refractivity (Wildman–Crippen MR) is 227 cm³/mol. The monoisotopic (exact) mass is 846 g/mol. The number of esters is 1. The lowest BCUT2D eigenvalue weighted by molar-refractivity contribution is 0.0503. The van der Waals surface area contributed by atoms with Gasteiger partial charge in [0.25, 0.3) is 0 Å². The van der Waals surface area contributed by atoms with Crippen molar-refractivity contribution in [1.29, 1.82) is 0 Å². The van der Waals surface area contributed by atoms with Crippen molar-refractivity contribution in [3.05, 3.63) is 58.1 Å². The van der Waals surface area contributed by atoms with Crippen LogP contribution >= 0.6 is 0 Å². The zero-order valence-electron chi connectivity index (χ0n) is 36.1. The number of rotatable bonds is 9. The number of likely N-dealkylation sites (tertiary alicyclic amines) is 1. The Morgan fingerprint density at radius 1 is 0.984 bits per heavy atom. The molecule has 0 saturated carbocycles. The summed E-state index contributed by atoms with van der Waals surface area (Å²) < 4.78 is 55.5. The van der Waals surface area contributed by atoms with Gasteiger partial charge in [-0.05, 0) is 73.9 Å². The summed E-state index contributed by atoms with van der Waals surface area (Å²) in [7, 11) is 4.92. The molecule has 18 heteroatoms. The van der Waals surface area contributed by atoms with Gasteiger partial charge in [-0.3, -0.25) is 9.69 Å². The van der Waals surface area contributed by atoms with E-state index in [4.69, 9.17) is 28.9 Å². The first-order valence-corrected chi connectivity index (χ1v) is 20.2. The molecule has 6 heterocycles. The largest absolute Gasteiger partial charge is 0.462 e. The molecule has 1 aromatic carbocycles. The van der Waals surface area contributed by atoms with E-state index in [0.717, 1.165) is 23.9 Å². The van der Waals surface area contributed by atoms with Crippen LogP contribution in [0.25, 0.3) is 44.1 Å². The first-order valence-electron chi connectivity index (χ1n) is 20.2. The van der Waals surface area contributed by atoms with E-state index in [9.17, 15) is 19.2 Å². The van der Waals surface area contributed by atoms with Crippen molar-refractivity contribution < 1.29 is 42.1 Å². The van der Waals surface area contributed by atoms with Crippen molar-refractivity contribution in [2.45, 2.75) is 72.1 Å². The number of methoxy groups -OCH3 is 1. The number of ether oxygens (including phenoxy) is 4. The molecule has 326 valence electrons. The van der Waals surface area contributed by atoms with Gasteiger partial charge in [-0.25, -0.2) is 42.8 Å². The Morgan fingerprint density at radius 2 is 1.69 bits per heavy atom. The number of nitrogens with zero attached hydrogens (tertiary/aromatic N) is 7. The number of H-pyrrole nitrogens is 1.